The van der Waals surface area contributed by atoms with Crippen molar-refractivity contribution in [3.63, 3.8) is 0 Å². The van der Waals surface area contributed by atoms with Crippen LogP contribution in [0.15, 0.2) is 36.4 Å². The Bertz CT molecular complexity index is 751. The van der Waals surface area contributed by atoms with E-state index in [1.54, 1.807) is 12.1 Å². The quantitative estimate of drug-likeness (QED) is 0.574. The first kappa shape index (κ1) is 17.8. The lowest BCUT2D eigenvalue weighted by Gasteiger charge is -2.26. The van der Waals surface area contributed by atoms with E-state index in [0.717, 1.165) is 37.7 Å². The van der Waals surface area contributed by atoms with Gasteiger partial charge in [0.25, 0.3) is 0 Å². The van der Waals surface area contributed by atoms with E-state index in [-0.39, 0.29) is 23.1 Å². The summed E-state index contributed by atoms with van der Waals surface area (Å²) >= 11 is 0. The van der Waals surface area contributed by atoms with Gasteiger partial charge in [-0.15, -0.1) is 0 Å². The number of rotatable bonds is 5. The highest BCUT2D eigenvalue weighted by Crippen LogP contribution is 2.36. The van der Waals surface area contributed by atoms with Crippen molar-refractivity contribution < 1.29 is 8.78 Å². The van der Waals surface area contributed by atoms with Crippen LogP contribution in [0.1, 0.15) is 66.8 Å². The zero-order valence-electron chi connectivity index (χ0n) is 15.1. The Labute approximate surface area is 149 Å². The maximum absolute atomic E-state index is 14.6. The number of hydrogen-bond acceptors (Lipinski definition) is 0. The Hall–Kier alpha value is -1.96. The van der Waals surface area contributed by atoms with Gasteiger partial charge in [-0.2, -0.15) is 0 Å². The molecule has 1 atom stereocenters. The van der Waals surface area contributed by atoms with Gasteiger partial charge in [0.2, 0.25) is 0 Å². The fourth-order valence-corrected chi connectivity index (χ4v) is 3.87. The first-order valence-corrected chi connectivity index (χ1v) is 9.34. The van der Waals surface area contributed by atoms with Crippen LogP contribution in [-0.4, -0.2) is 0 Å². The summed E-state index contributed by atoms with van der Waals surface area (Å²) in [6.45, 7) is 4.09. The van der Waals surface area contributed by atoms with Crippen LogP contribution in [0.2, 0.25) is 0 Å². The third kappa shape index (κ3) is 4.00. The third-order valence-corrected chi connectivity index (χ3v) is 5.18. The molecule has 132 valence electrons. The molecule has 0 saturated carbocycles. The number of aryl methyl sites for hydroxylation is 2. The summed E-state index contributed by atoms with van der Waals surface area (Å²) < 4.78 is 29.2. The van der Waals surface area contributed by atoms with Crippen LogP contribution in [0.25, 0.3) is 6.08 Å². The number of unbranched alkanes of at least 4 members (excludes halogenated alkanes) is 1. The Balaban J connectivity index is 1.84. The van der Waals surface area contributed by atoms with Gasteiger partial charge in [0.05, 0.1) is 0 Å². The average Bonchev–Trinajstić information content (AvgIpc) is 2.59. The summed E-state index contributed by atoms with van der Waals surface area (Å²) in [5, 5.41) is 0. The summed E-state index contributed by atoms with van der Waals surface area (Å²) in [6, 6.07) is 9.48. The molecule has 0 aliphatic heterocycles. The topological polar surface area (TPSA) is 0 Å². The van der Waals surface area contributed by atoms with Gasteiger partial charge < -0.3 is 0 Å². The molecule has 0 saturated heterocycles. The lowest BCUT2D eigenvalue weighted by molar-refractivity contribution is 0.489. The highest BCUT2D eigenvalue weighted by atomic mass is 19.1. The van der Waals surface area contributed by atoms with E-state index in [9.17, 15) is 8.78 Å². The largest absolute Gasteiger partial charge is 0.207 e. The number of fused-ring (bicyclic) bond motifs is 1. The molecule has 0 fully saturated rings. The summed E-state index contributed by atoms with van der Waals surface area (Å²) in [5.41, 5.74) is 4.78. The maximum atomic E-state index is 14.6. The van der Waals surface area contributed by atoms with Crippen LogP contribution in [0.3, 0.4) is 0 Å². The predicted octanol–water partition coefficient (Wildman–Crippen LogP) is 6.61. The molecule has 0 spiro atoms. The van der Waals surface area contributed by atoms with Crippen molar-refractivity contribution >= 4 is 6.08 Å². The normalized spacial score (nSPS) is 17.0. The third-order valence-electron chi connectivity index (χ3n) is 5.18. The molecule has 0 amide bonds. The van der Waals surface area contributed by atoms with Crippen molar-refractivity contribution in [1.29, 1.82) is 0 Å². The molecule has 0 radical (unpaired) electrons. The van der Waals surface area contributed by atoms with Gasteiger partial charge in [-0.1, -0.05) is 43.7 Å². The molecular formula is C23H26F2. The van der Waals surface area contributed by atoms with Gasteiger partial charge in [-0.05, 0) is 79.3 Å². The molecular weight excluding hydrogens is 314 g/mol. The van der Waals surface area contributed by atoms with Crippen molar-refractivity contribution in [1.82, 2.24) is 0 Å². The van der Waals surface area contributed by atoms with Crippen molar-refractivity contribution in [2.45, 2.75) is 58.3 Å². The van der Waals surface area contributed by atoms with Crippen molar-refractivity contribution in [3.8, 4) is 0 Å². The van der Waals surface area contributed by atoms with E-state index in [4.69, 9.17) is 0 Å². The molecule has 25 heavy (non-hydrogen) atoms. The first-order chi connectivity index (χ1) is 12.1. The van der Waals surface area contributed by atoms with Crippen LogP contribution in [0.5, 0.6) is 0 Å². The zero-order chi connectivity index (χ0) is 17.8. The second-order valence-corrected chi connectivity index (χ2v) is 7.04. The van der Waals surface area contributed by atoms with Gasteiger partial charge >= 0.3 is 0 Å². The van der Waals surface area contributed by atoms with E-state index < -0.39 is 0 Å². The molecule has 0 aromatic heterocycles. The summed E-state index contributed by atoms with van der Waals surface area (Å²) in [7, 11) is 0. The molecule has 0 bridgehead atoms. The van der Waals surface area contributed by atoms with Gasteiger partial charge in [0.1, 0.15) is 11.6 Å². The summed E-state index contributed by atoms with van der Waals surface area (Å²) in [6.07, 6.45) is 9.23. The Kier molecular flexibility index (Phi) is 5.67. The molecule has 1 aliphatic carbocycles. The van der Waals surface area contributed by atoms with Gasteiger partial charge in [0, 0.05) is 5.56 Å². The zero-order valence-corrected chi connectivity index (χ0v) is 15.1. The second-order valence-electron chi connectivity index (χ2n) is 7.04. The monoisotopic (exact) mass is 340 g/mol. The van der Waals surface area contributed by atoms with Crippen molar-refractivity contribution in [2.24, 2.45) is 0 Å². The standard InChI is InChI=1S/C23H26F2/c1-3-5-7-17-13-21(24)23(22(25)14-17)20-11-10-18-12-16(6-4-2)8-9-19(18)15-20/h4,6,8-9,12-14,20H,3,5,7,10-11,15H2,1-2H3/b6-4+. The van der Waals surface area contributed by atoms with Crippen LogP contribution in [-0.2, 0) is 19.3 Å². The fraction of sp³-hybridized carbons (Fsp3) is 0.391. The average molecular weight is 340 g/mol. The number of halogens is 2. The Morgan fingerprint density at radius 3 is 2.52 bits per heavy atom. The maximum Gasteiger partial charge on any atom is 0.129 e. The summed E-state index contributed by atoms with van der Waals surface area (Å²) in [4.78, 5) is 0. The van der Waals surface area contributed by atoms with E-state index in [1.165, 1.54) is 16.7 Å². The van der Waals surface area contributed by atoms with Crippen LogP contribution in [0.4, 0.5) is 8.78 Å². The molecule has 0 nitrogen and oxygen atoms in total. The second kappa shape index (κ2) is 7.95. The van der Waals surface area contributed by atoms with E-state index >= 15 is 0 Å². The Morgan fingerprint density at radius 2 is 1.84 bits per heavy atom. The number of allylic oxidation sites excluding steroid dienone is 1. The van der Waals surface area contributed by atoms with Crippen LogP contribution < -0.4 is 0 Å². The molecule has 0 heterocycles. The highest BCUT2D eigenvalue weighted by Gasteiger charge is 2.25. The van der Waals surface area contributed by atoms with Gasteiger partial charge in [-0.25, -0.2) is 8.78 Å². The molecule has 1 unspecified atom stereocenters. The molecule has 2 aromatic rings. The SMILES string of the molecule is C/C=C/c1ccc2c(c1)CCC(c1c(F)cc(CCCC)cc1F)C2. The molecule has 1 aliphatic rings. The van der Waals surface area contributed by atoms with E-state index in [2.05, 4.69) is 31.2 Å². The summed E-state index contributed by atoms with van der Waals surface area (Å²) in [5.74, 6) is -0.810. The van der Waals surface area contributed by atoms with Gasteiger partial charge in [-0.3, -0.25) is 0 Å². The lowest BCUT2D eigenvalue weighted by Crippen LogP contribution is -2.16. The number of hydrogen-bond donors (Lipinski definition) is 0. The van der Waals surface area contributed by atoms with E-state index in [0.29, 0.717) is 6.42 Å². The smallest absolute Gasteiger partial charge is 0.129 e. The van der Waals surface area contributed by atoms with Crippen molar-refractivity contribution in [3.05, 3.63) is 75.9 Å². The van der Waals surface area contributed by atoms with Gasteiger partial charge in [0.15, 0.2) is 0 Å². The van der Waals surface area contributed by atoms with Crippen LogP contribution in [0, 0.1) is 11.6 Å². The molecule has 0 N–H and O–H groups in total. The molecule has 2 heteroatoms. The van der Waals surface area contributed by atoms with Crippen LogP contribution >= 0.6 is 0 Å². The van der Waals surface area contributed by atoms with E-state index in [1.807, 2.05) is 13.0 Å². The minimum absolute atomic E-state index is 0.0692. The van der Waals surface area contributed by atoms with Crippen molar-refractivity contribution in [2.75, 3.05) is 0 Å². The highest BCUT2D eigenvalue weighted by molar-refractivity contribution is 5.52. The minimum atomic E-state index is -0.370. The lowest BCUT2D eigenvalue weighted by atomic mass is 9.79. The number of benzene rings is 2. The molecule has 2 aromatic carbocycles. The minimum Gasteiger partial charge on any atom is -0.207 e. The molecule has 3 rings (SSSR count). The first-order valence-electron chi connectivity index (χ1n) is 9.34. The fourth-order valence-electron chi connectivity index (χ4n) is 3.87. The predicted molar refractivity (Wildman–Crippen MR) is 101 cm³/mol. The Morgan fingerprint density at radius 1 is 1.08 bits per heavy atom.